The fraction of sp³-hybridized carbons (Fsp3) is 0.625. The highest BCUT2D eigenvalue weighted by atomic mass is 15.3. The lowest BCUT2D eigenvalue weighted by molar-refractivity contribution is 0.0739. The lowest BCUT2D eigenvalue weighted by Gasteiger charge is -2.42. The Labute approximate surface area is 117 Å². The highest BCUT2D eigenvalue weighted by Crippen LogP contribution is 2.26. The average Bonchev–Trinajstić information content (AvgIpc) is 2.38. The molecule has 1 saturated heterocycles. The summed E-state index contributed by atoms with van der Waals surface area (Å²) in [5.74, 6) is 0. The number of benzene rings is 1. The Kier molecular flexibility index (Phi) is 4.61. The van der Waals surface area contributed by atoms with Gasteiger partial charge in [0.2, 0.25) is 0 Å². The first-order chi connectivity index (χ1) is 9.02. The summed E-state index contributed by atoms with van der Waals surface area (Å²) < 4.78 is 0. The number of likely N-dealkylation sites (N-methyl/N-ethyl adjacent to an activating group) is 1. The molecule has 1 fully saturated rings. The van der Waals surface area contributed by atoms with Crippen molar-refractivity contribution in [2.45, 2.75) is 32.9 Å². The molecule has 0 aliphatic carbocycles. The standard InChI is InChI=1S/C16H27N3/c1-12-5-6-13(2)15(9-12)16(10-17)19-8-7-18(4)14(3)11-19/h5-6,9,14,16H,7-8,10-11,17H2,1-4H3. The summed E-state index contributed by atoms with van der Waals surface area (Å²) in [5.41, 5.74) is 10.2. The van der Waals surface area contributed by atoms with Crippen LogP contribution in [0.25, 0.3) is 0 Å². The molecule has 0 amide bonds. The van der Waals surface area contributed by atoms with Gasteiger partial charge in [-0.15, -0.1) is 0 Å². The van der Waals surface area contributed by atoms with Gasteiger partial charge >= 0.3 is 0 Å². The summed E-state index contributed by atoms with van der Waals surface area (Å²) in [6.07, 6.45) is 0. The zero-order valence-corrected chi connectivity index (χ0v) is 12.7. The van der Waals surface area contributed by atoms with Crippen molar-refractivity contribution >= 4 is 0 Å². The summed E-state index contributed by atoms with van der Waals surface area (Å²) in [6, 6.07) is 7.66. The van der Waals surface area contributed by atoms with E-state index in [-0.39, 0.29) is 0 Å². The van der Waals surface area contributed by atoms with Gasteiger partial charge in [0.05, 0.1) is 0 Å². The maximum atomic E-state index is 6.08. The van der Waals surface area contributed by atoms with E-state index in [0.29, 0.717) is 18.6 Å². The molecule has 1 heterocycles. The van der Waals surface area contributed by atoms with Crippen LogP contribution in [0.3, 0.4) is 0 Å². The molecule has 0 spiro atoms. The molecule has 0 radical (unpaired) electrons. The van der Waals surface area contributed by atoms with E-state index in [1.807, 2.05) is 0 Å². The first kappa shape index (κ1) is 14.5. The zero-order chi connectivity index (χ0) is 14.0. The number of piperazine rings is 1. The van der Waals surface area contributed by atoms with Crippen molar-refractivity contribution in [1.82, 2.24) is 9.80 Å². The van der Waals surface area contributed by atoms with Gasteiger partial charge in [-0.05, 0) is 38.9 Å². The fourth-order valence-electron chi connectivity index (χ4n) is 2.95. The number of rotatable bonds is 3. The van der Waals surface area contributed by atoms with Crippen molar-refractivity contribution in [3.63, 3.8) is 0 Å². The van der Waals surface area contributed by atoms with Crippen LogP contribution < -0.4 is 5.73 Å². The summed E-state index contributed by atoms with van der Waals surface area (Å²) in [5, 5.41) is 0. The maximum absolute atomic E-state index is 6.08. The van der Waals surface area contributed by atoms with Gasteiger partial charge in [-0.25, -0.2) is 0 Å². The number of aryl methyl sites for hydroxylation is 2. The van der Waals surface area contributed by atoms with Gasteiger partial charge < -0.3 is 10.6 Å². The number of hydrogen-bond acceptors (Lipinski definition) is 3. The summed E-state index contributed by atoms with van der Waals surface area (Å²) in [7, 11) is 2.21. The zero-order valence-electron chi connectivity index (χ0n) is 12.7. The molecular weight excluding hydrogens is 234 g/mol. The molecule has 2 N–H and O–H groups in total. The fourth-order valence-corrected chi connectivity index (χ4v) is 2.95. The third-order valence-corrected chi connectivity index (χ3v) is 4.45. The second kappa shape index (κ2) is 6.04. The van der Waals surface area contributed by atoms with Crippen LogP contribution in [0.4, 0.5) is 0 Å². The van der Waals surface area contributed by atoms with Gasteiger partial charge in [0.25, 0.3) is 0 Å². The van der Waals surface area contributed by atoms with E-state index in [1.165, 1.54) is 16.7 Å². The highest BCUT2D eigenvalue weighted by molar-refractivity contribution is 5.33. The Morgan fingerprint density at radius 2 is 2.05 bits per heavy atom. The van der Waals surface area contributed by atoms with E-state index in [4.69, 9.17) is 5.73 Å². The molecule has 106 valence electrons. The van der Waals surface area contributed by atoms with Gasteiger partial charge in [-0.3, -0.25) is 4.90 Å². The minimum Gasteiger partial charge on any atom is -0.329 e. The second-order valence-electron chi connectivity index (χ2n) is 5.94. The van der Waals surface area contributed by atoms with E-state index in [9.17, 15) is 0 Å². The summed E-state index contributed by atoms with van der Waals surface area (Å²) in [6.45, 7) is 10.7. The van der Waals surface area contributed by atoms with Crippen LogP contribution in [-0.2, 0) is 0 Å². The first-order valence-corrected chi connectivity index (χ1v) is 7.24. The molecular formula is C16H27N3. The monoisotopic (exact) mass is 261 g/mol. The third-order valence-electron chi connectivity index (χ3n) is 4.45. The van der Waals surface area contributed by atoms with Crippen molar-refractivity contribution in [2.75, 3.05) is 33.2 Å². The lowest BCUT2D eigenvalue weighted by atomic mass is 9.96. The van der Waals surface area contributed by atoms with E-state index >= 15 is 0 Å². The minimum atomic E-state index is 0.357. The quantitative estimate of drug-likeness (QED) is 0.902. The number of nitrogens with two attached hydrogens (primary N) is 1. The highest BCUT2D eigenvalue weighted by Gasteiger charge is 2.27. The SMILES string of the molecule is Cc1ccc(C)c(C(CN)N2CCN(C)C(C)C2)c1. The van der Waals surface area contributed by atoms with Gasteiger partial charge in [0, 0.05) is 38.3 Å². The Hall–Kier alpha value is -0.900. The molecule has 2 unspecified atom stereocenters. The van der Waals surface area contributed by atoms with Crippen LogP contribution in [0.5, 0.6) is 0 Å². The Morgan fingerprint density at radius 1 is 1.32 bits per heavy atom. The second-order valence-corrected chi connectivity index (χ2v) is 5.94. The smallest absolute Gasteiger partial charge is 0.0474 e. The van der Waals surface area contributed by atoms with Gasteiger partial charge in [0.15, 0.2) is 0 Å². The Balaban J connectivity index is 2.22. The van der Waals surface area contributed by atoms with Crippen LogP contribution in [-0.4, -0.2) is 49.1 Å². The number of nitrogens with zero attached hydrogens (tertiary/aromatic N) is 2. The minimum absolute atomic E-state index is 0.357. The molecule has 1 aromatic rings. The maximum Gasteiger partial charge on any atom is 0.0474 e. The van der Waals surface area contributed by atoms with Crippen molar-refractivity contribution in [3.05, 3.63) is 34.9 Å². The molecule has 2 rings (SSSR count). The summed E-state index contributed by atoms with van der Waals surface area (Å²) >= 11 is 0. The molecule has 0 saturated carbocycles. The van der Waals surface area contributed by atoms with Gasteiger partial charge in [0.1, 0.15) is 0 Å². The van der Waals surface area contributed by atoms with Crippen LogP contribution >= 0.6 is 0 Å². The molecule has 1 aliphatic rings. The van der Waals surface area contributed by atoms with Crippen molar-refractivity contribution in [2.24, 2.45) is 5.73 Å². The van der Waals surface area contributed by atoms with Crippen molar-refractivity contribution in [1.29, 1.82) is 0 Å². The molecule has 3 heteroatoms. The topological polar surface area (TPSA) is 32.5 Å². The van der Waals surface area contributed by atoms with Crippen LogP contribution in [0.1, 0.15) is 29.7 Å². The molecule has 2 atom stereocenters. The number of hydrogen-bond donors (Lipinski definition) is 1. The normalized spacial score (nSPS) is 23.5. The first-order valence-electron chi connectivity index (χ1n) is 7.24. The molecule has 0 bridgehead atoms. The summed E-state index contributed by atoms with van der Waals surface area (Å²) in [4.78, 5) is 4.97. The Morgan fingerprint density at radius 3 is 2.68 bits per heavy atom. The molecule has 19 heavy (non-hydrogen) atoms. The predicted octanol–water partition coefficient (Wildman–Crippen LogP) is 1.94. The van der Waals surface area contributed by atoms with Crippen LogP contribution in [0.2, 0.25) is 0 Å². The van der Waals surface area contributed by atoms with Crippen LogP contribution in [0.15, 0.2) is 18.2 Å². The van der Waals surface area contributed by atoms with Crippen molar-refractivity contribution in [3.8, 4) is 0 Å². The van der Waals surface area contributed by atoms with Crippen molar-refractivity contribution < 1.29 is 0 Å². The predicted molar refractivity (Wildman–Crippen MR) is 81.4 cm³/mol. The van der Waals surface area contributed by atoms with E-state index in [2.05, 4.69) is 55.8 Å². The molecule has 1 aliphatic heterocycles. The lowest BCUT2D eigenvalue weighted by Crippen LogP contribution is -2.52. The van der Waals surface area contributed by atoms with E-state index in [0.717, 1.165) is 19.6 Å². The van der Waals surface area contributed by atoms with Gasteiger partial charge in [-0.1, -0.05) is 23.8 Å². The molecule has 1 aromatic carbocycles. The third kappa shape index (κ3) is 3.16. The molecule has 3 nitrogen and oxygen atoms in total. The van der Waals surface area contributed by atoms with E-state index in [1.54, 1.807) is 0 Å². The Bertz CT molecular complexity index is 430. The van der Waals surface area contributed by atoms with Gasteiger partial charge in [-0.2, -0.15) is 0 Å². The molecule has 0 aromatic heterocycles. The van der Waals surface area contributed by atoms with Crippen LogP contribution in [0, 0.1) is 13.8 Å². The average molecular weight is 261 g/mol. The largest absolute Gasteiger partial charge is 0.329 e. The van der Waals surface area contributed by atoms with E-state index < -0.39 is 0 Å².